The molecule has 0 aromatic carbocycles. The molecule has 0 atom stereocenters. The third kappa shape index (κ3) is 6.08. The Hall–Kier alpha value is -1.69. The third-order valence-electron chi connectivity index (χ3n) is 3.26. The van der Waals surface area contributed by atoms with Crippen molar-refractivity contribution >= 4 is 23.3 Å². The molecule has 0 aliphatic rings. The number of hydrogen-bond donors (Lipinski definition) is 3. The van der Waals surface area contributed by atoms with E-state index >= 15 is 0 Å². The van der Waals surface area contributed by atoms with E-state index in [-0.39, 0.29) is 5.96 Å². The Balaban J connectivity index is 2.46. The van der Waals surface area contributed by atoms with E-state index in [0.717, 1.165) is 37.9 Å². The van der Waals surface area contributed by atoms with Crippen LogP contribution in [0, 0.1) is 12.3 Å². The summed E-state index contributed by atoms with van der Waals surface area (Å²) in [6.45, 7) is 5.63. The number of nitrogens with two attached hydrogens (primary N) is 1. The molecule has 0 fully saturated rings. The second kappa shape index (κ2) is 9.28. The fraction of sp³-hybridized carbons (Fsp3) is 0.533. The second-order valence-electron chi connectivity index (χ2n) is 4.99. The first kappa shape index (κ1) is 17.4. The number of nitrogens with one attached hydrogen (secondary N) is 2. The van der Waals surface area contributed by atoms with E-state index in [1.807, 2.05) is 12.3 Å². The molecule has 0 saturated carbocycles. The monoisotopic (exact) mass is 307 g/mol. The number of unbranched alkanes of at least 4 members (excludes halogenated alkanes) is 1. The zero-order valence-electron chi connectivity index (χ0n) is 12.9. The average Bonchev–Trinajstić information content (AvgIpc) is 2.45. The highest BCUT2D eigenvalue weighted by molar-refractivity contribution is 7.80. The molecule has 1 aromatic heterocycles. The number of guanidine groups is 1. The van der Waals surface area contributed by atoms with E-state index in [0.29, 0.717) is 11.7 Å². The first-order valence-corrected chi connectivity index (χ1v) is 7.77. The Morgan fingerprint density at radius 2 is 2.24 bits per heavy atom. The van der Waals surface area contributed by atoms with Gasteiger partial charge >= 0.3 is 0 Å². The summed E-state index contributed by atoms with van der Waals surface area (Å²) < 4.78 is 0. The molecule has 1 aromatic rings. The smallest absolute Gasteiger partial charge is 0.194 e. The van der Waals surface area contributed by atoms with E-state index < -0.39 is 0 Å². The van der Waals surface area contributed by atoms with Crippen LogP contribution in [0.4, 0.5) is 0 Å². The molecule has 116 valence electrons. The lowest BCUT2D eigenvalue weighted by Crippen LogP contribution is -2.47. The van der Waals surface area contributed by atoms with Crippen LogP contribution >= 0.6 is 12.2 Å². The van der Waals surface area contributed by atoms with E-state index in [1.54, 1.807) is 4.90 Å². The fourth-order valence-corrected chi connectivity index (χ4v) is 2.28. The molecular weight excluding hydrogens is 282 g/mol. The molecule has 0 amide bonds. The van der Waals surface area contributed by atoms with Crippen LogP contribution < -0.4 is 11.1 Å². The number of nitrogens with zero attached hydrogens (tertiary/aromatic N) is 2. The van der Waals surface area contributed by atoms with Crippen LogP contribution in [0.25, 0.3) is 0 Å². The van der Waals surface area contributed by atoms with Crippen LogP contribution in [0.15, 0.2) is 18.3 Å². The van der Waals surface area contributed by atoms with Crippen molar-refractivity contribution in [3.63, 3.8) is 0 Å². The van der Waals surface area contributed by atoms with Gasteiger partial charge in [-0.25, -0.2) is 0 Å². The van der Waals surface area contributed by atoms with Gasteiger partial charge in [-0.2, -0.15) is 0 Å². The van der Waals surface area contributed by atoms with Gasteiger partial charge in [-0.05, 0) is 50.0 Å². The number of aryl methyl sites for hydroxylation is 2. The highest BCUT2D eigenvalue weighted by Gasteiger charge is 2.12. The minimum absolute atomic E-state index is 0.0123. The predicted octanol–water partition coefficient (Wildman–Crippen LogP) is 2.19. The van der Waals surface area contributed by atoms with Gasteiger partial charge in [0.1, 0.15) is 0 Å². The van der Waals surface area contributed by atoms with Crippen LogP contribution in [-0.4, -0.2) is 34.0 Å². The van der Waals surface area contributed by atoms with Crippen LogP contribution in [0.1, 0.15) is 37.4 Å². The Bertz CT molecular complexity index is 475. The molecule has 0 saturated heterocycles. The van der Waals surface area contributed by atoms with Gasteiger partial charge in [0.2, 0.25) is 0 Å². The van der Waals surface area contributed by atoms with Crippen molar-refractivity contribution in [3.05, 3.63) is 29.6 Å². The molecule has 0 aliphatic heterocycles. The van der Waals surface area contributed by atoms with Gasteiger partial charge in [0.15, 0.2) is 11.1 Å². The van der Waals surface area contributed by atoms with Gasteiger partial charge in [0, 0.05) is 25.0 Å². The molecular formula is C15H25N5S. The predicted molar refractivity (Wildman–Crippen MR) is 91.4 cm³/mol. The molecule has 4 N–H and O–H groups in total. The number of thiocarbonyl (C=S) groups is 1. The summed E-state index contributed by atoms with van der Waals surface area (Å²) in [4.78, 5) is 6.02. The highest BCUT2D eigenvalue weighted by atomic mass is 32.1. The molecule has 21 heavy (non-hydrogen) atoms. The molecule has 1 rings (SSSR count). The number of rotatable bonds is 7. The van der Waals surface area contributed by atoms with Gasteiger partial charge in [-0.15, -0.1) is 0 Å². The normalized spacial score (nSPS) is 10.2. The first-order valence-electron chi connectivity index (χ1n) is 7.36. The van der Waals surface area contributed by atoms with Crippen LogP contribution in [0.5, 0.6) is 0 Å². The molecule has 5 nitrogen and oxygen atoms in total. The summed E-state index contributed by atoms with van der Waals surface area (Å²) >= 11 is 5.30. The van der Waals surface area contributed by atoms with Gasteiger partial charge in [0.25, 0.3) is 0 Å². The third-order valence-corrected chi connectivity index (χ3v) is 3.62. The van der Waals surface area contributed by atoms with Crippen molar-refractivity contribution in [2.75, 3.05) is 13.1 Å². The van der Waals surface area contributed by atoms with Crippen molar-refractivity contribution in [1.82, 2.24) is 15.2 Å². The summed E-state index contributed by atoms with van der Waals surface area (Å²) in [5.41, 5.74) is 7.90. The van der Waals surface area contributed by atoms with Crippen molar-refractivity contribution in [2.24, 2.45) is 5.73 Å². The molecule has 0 bridgehead atoms. The van der Waals surface area contributed by atoms with Gasteiger partial charge < -0.3 is 11.1 Å². The van der Waals surface area contributed by atoms with Crippen molar-refractivity contribution in [3.8, 4) is 0 Å². The quantitative estimate of drug-likeness (QED) is 0.311. The highest BCUT2D eigenvalue weighted by Crippen LogP contribution is 2.07. The minimum atomic E-state index is -0.0123. The number of pyridine rings is 1. The molecule has 1 heterocycles. The Morgan fingerprint density at radius 1 is 1.48 bits per heavy atom. The molecule has 0 unspecified atom stereocenters. The fourth-order valence-electron chi connectivity index (χ4n) is 1.98. The van der Waals surface area contributed by atoms with Gasteiger partial charge in [-0.1, -0.05) is 19.4 Å². The lowest BCUT2D eigenvalue weighted by molar-refractivity contribution is 0.547. The number of aromatic nitrogens is 1. The molecule has 0 aliphatic carbocycles. The summed E-state index contributed by atoms with van der Waals surface area (Å²) in [5.74, 6) is -0.0123. The minimum Gasteiger partial charge on any atom is -0.370 e. The largest absolute Gasteiger partial charge is 0.370 e. The lowest BCUT2D eigenvalue weighted by atomic mass is 10.1. The van der Waals surface area contributed by atoms with E-state index in [9.17, 15) is 0 Å². The van der Waals surface area contributed by atoms with E-state index in [4.69, 9.17) is 23.4 Å². The summed E-state index contributed by atoms with van der Waals surface area (Å²) in [5, 5.41) is 11.3. The Morgan fingerprint density at radius 3 is 2.86 bits per heavy atom. The maximum absolute atomic E-state index is 7.65. The van der Waals surface area contributed by atoms with Crippen molar-refractivity contribution < 1.29 is 0 Å². The van der Waals surface area contributed by atoms with Crippen LogP contribution in [-0.2, 0) is 6.42 Å². The molecule has 0 spiro atoms. The maximum Gasteiger partial charge on any atom is 0.194 e. The van der Waals surface area contributed by atoms with Crippen molar-refractivity contribution in [1.29, 1.82) is 5.41 Å². The number of hydrogen-bond acceptors (Lipinski definition) is 3. The van der Waals surface area contributed by atoms with Crippen LogP contribution in [0.3, 0.4) is 0 Å². The van der Waals surface area contributed by atoms with E-state index in [2.05, 4.69) is 30.2 Å². The SMILES string of the molecule is CCCCNC(=S)N(CCCc1ncccc1C)C(=N)N. The summed E-state index contributed by atoms with van der Waals surface area (Å²) in [6, 6.07) is 4.00. The zero-order valence-corrected chi connectivity index (χ0v) is 13.7. The van der Waals surface area contributed by atoms with E-state index in [1.165, 1.54) is 5.56 Å². The Labute approximate surface area is 132 Å². The zero-order chi connectivity index (χ0) is 15.7. The topological polar surface area (TPSA) is 78.0 Å². The van der Waals surface area contributed by atoms with Gasteiger partial charge in [0.05, 0.1) is 0 Å². The molecule has 6 heteroatoms. The second-order valence-corrected chi connectivity index (χ2v) is 5.38. The van der Waals surface area contributed by atoms with Crippen molar-refractivity contribution in [2.45, 2.75) is 39.5 Å². The van der Waals surface area contributed by atoms with Crippen LogP contribution in [0.2, 0.25) is 0 Å². The summed E-state index contributed by atoms with van der Waals surface area (Å²) in [7, 11) is 0. The standard InChI is InChI=1S/C15H25N5S/c1-3-4-9-19-15(21)20(14(16)17)11-6-8-13-12(2)7-5-10-18-13/h5,7,10H,3-4,6,8-9,11H2,1-2H3,(H3,16,17)(H,19,21). The maximum atomic E-state index is 7.65. The average molecular weight is 307 g/mol. The van der Waals surface area contributed by atoms with Gasteiger partial charge in [-0.3, -0.25) is 15.3 Å². The first-order chi connectivity index (χ1) is 10.1. The Kier molecular flexibility index (Phi) is 7.68. The lowest BCUT2D eigenvalue weighted by Gasteiger charge is -2.24. The molecule has 0 radical (unpaired) electrons. The summed E-state index contributed by atoms with van der Waals surface area (Å²) in [6.07, 6.45) is 5.68.